The normalized spacial score (nSPS) is 13.2. The third-order valence-corrected chi connectivity index (χ3v) is 5.03. The largest absolute Gasteiger partial charge is 0.467 e. The van der Waals surface area contributed by atoms with Crippen molar-refractivity contribution in [2.24, 2.45) is 4.99 Å². The van der Waals surface area contributed by atoms with Crippen LogP contribution in [0.1, 0.15) is 34.0 Å². The van der Waals surface area contributed by atoms with Gasteiger partial charge in [0.25, 0.3) is 5.91 Å². The highest BCUT2D eigenvalue weighted by Crippen LogP contribution is 2.29. The van der Waals surface area contributed by atoms with Gasteiger partial charge in [-0.3, -0.25) is 9.79 Å². The minimum Gasteiger partial charge on any atom is -0.467 e. The van der Waals surface area contributed by atoms with Gasteiger partial charge in [0.2, 0.25) is 0 Å². The van der Waals surface area contributed by atoms with E-state index in [0.717, 1.165) is 29.7 Å². The Morgan fingerprint density at radius 1 is 1.19 bits per heavy atom. The van der Waals surface area contributed by atoms with Crippen LogP contribution in [-0.2, 0) is 24.2 Å². The number of carbonyl (C=O) groups is 1. The summed E-state index contributed by atoms with van der Waals surface area (Å²) in [6.07, 6.45) is 1.32. The van der Waals surface area contributed by atoms with Crippen LogP contribution in [0, 0.1) is 5.82 Å². The fourth-order valence-corrected chi connectivity index (χ4v) is 3.52. The Morgan fingerprint density at radius 3 is 2.81 bits per heavy atom. The molecule has 0 spiro atoms. The van der Waals surface area contributed by atoms with Gasteiger partial charge in [0.05, 0.1) is 6.61 Å². The topological polar surface area (TPSA) is 75.2 Å². The first kappa shape index (κ1) is 23.5. The zero-order valence-electron chi connectivity index (χ0n) is 18.9. The lowest BCUT2D eigenvalue weighted by atomic mass is 10.1. The molecule has 1 aliphatic heterocycles. The summed E-state index contributed by atoms with van der Waals surface area (Å²) in [5.74, 6) is 1.10. The fourth-order valence-electron chi connectivity index (χ4n) is 3.52. The molecule has 0 unspecified atom stereocenters. The van der Waals surface area contributed by atoms with Crippen molar-refractivity contribution in [3.63, 3.8) is 0 Å². The number of nitrogens with one attached hydrogen (secondary N) is 2. The van der Waals surface area contributed by atoms with Crippen molar-refractivity contribution < 1.29 is 18.7 Å². The quantitative estimate of drug-likeness (QED) is 0.486. The van der Waals surface area contributed by atoms with Gasteiger partial charge in [0.1, 0.15) is 11.6 Å². The van der Waals surface area contributed by atoms with Crippen molar-refractivity contribution in [1.29, 1.82) is 0 Å². The highest BCUT2D eigenvalue weighted by molar-refractivity contribution is 5.94. The third-order valence-electron chi connectivity index (χ3n) is 5.03. The molecule has 1 heterocycles. The van der Waals surface area contributed by atoms with Crippen LogP contribution in [0.15, 0.2) is 41.4 Å². The number of ether oxygens (including phenoxy) is 2. The zero-order valence-corrected chi connectivity index (χ0v) is 18.9. The summed E-state index contributed by atoms with van der Waals surface area (Å²) in [4.78, 5) is 18.3. The highest BCUT2D eigenvalue weighted by atomic mass is 19.1. The molecule has 2 N–H and O–H groups in total. The first-order valence-electron chi connectivity index (χ1n) is 10.8. The standard InChI is InChI=1S/C24H31FN4O3/c1-4-26-24(27-10-8-17-6-5-7-19(12-17)23(30)29(2)3)28-11-9-18-13-21(25)14-20-15-31-16-32-22(18)20/h5-7,12-14H,4,8-11,15-16H2,1-3H3,(H2,26,27,28). The molecule has 8 heteroatoms. The third kappa shape index (κ3) is 6.43. The van der Waals surface area contributed by atoms with Gasteiger partial charge in [0, 0.05) is 44.9 Å². The number of amides is 1. The van der Waals surface area contributed by atoms with Crippen LogP contribution in [-0.4, -0.2) is 57.3 Å². The lowest BCUT2D eigenvalue weighted by Crippen LogP contribution is -2.38. The summed E-state index contributed by atoms with van der Waals surface area (Å²) in [6, 6.07) is 10.6. The molecule has 0 aliphatic carbocycles. The SMILES string of the molecule is CCNC(=NCCc1cc(F)cc2c1OCOC2)NCCc1cccc(C(=O)N(C)C)c1. The summed E-state index contributed by atoms with van der Waals surface area (Å²) in [6.45, 7) is 4.43. The summed E-state index contributed by atoms with van der Waals surface area (Å²) in [5, 5.41) is 6.54. The van der Waals surface area contributed by atoms with Gasteiger partial charge < -0.3 is 25.0 Å². The van der Waals surface area contributed by atoms with Crippen molar-refractivity contribution >= 4 is 11.9 Å². The Balaban J connectivity index is 1.57. The Labute approximate surface area is 188 Å². The number of halogens is 1. The fraction of sp³-hybridized carbons (Fsp3) is 0.417. The first-order valence-corrected chi connectivity index (χ1v) is 10.8. The van der Waals surface area contributed by atoms with E-state index in [9.17, 15) is 9.18 Å². The van der Waals surface area contributed by atoms with Gasteiger partial charge in [-0.2, -0.15) is 0 Å². The van der Waals surface area contributed by atoms with E-state index in [2.05, 4.69) is 15.6 Å². The van der Waals surface area contributed by atoms with Crippen LogP contribution in [0.4, 0.5) is 4.39 Å². The predicted octanol–water partition coefficient (Wildman–Crippen LogP) is 2.73. The number of guanidine groups is 1. The average molecular weight is 443 g/mol. The Hall–Kier alpha value is -3.13. The van der Waals surface area contributed by atoms with Gasteiger partial charge >= 0.3 is 0 Å². The van der Waals surface area contributed by atoms with E-state index >= 15 is 0 Å². The van der Waals surface area contributed by atoms with E-state index in [-0.39, 0.29) is 18.5 Å². The molecule has 172 valence electrons. The lowest BCUT2D eigenvalue weighted by Gasteiger charge is -2.20. The maximum absolute atomic E-state index is 13.9. The number of aliphatic imine (C=N–C) groups is 1. The van der Waals surface area contributed by atoms with E-state index in [1.807, 2.05) is 31.2 Å². The smallest absolute Gasteiger partial charge is 0.253 e. The molecule has 3 rings (SSSR count). The highest BCUT2D eigenvalue weighted by Gasteiger charge is 2.16. The Kier molecular flexibility index (Phi) is 8.44. The van der Waals surface area contributed by atoms with Crippen LogP contribution >= 0.6 is 0 Å². The van der Waals surface area contributed by atoms with Gasteiger partial charge in [-0.1, -0.05) is 12.1 Å². The maximum Gasteiger partial charge on any atom is 0.253 e. The van der Waals surface area contributed by atoms with Gasteiger partial charge in [-0.15, -0.1) is 0 Å². The van der Waals surface area contributed by atoms with Crippen LogP contribution in [0.3, 0.4) is 0 Å². The molecule has 1 aliphatic rings. The molecule has 0 saturated carbocycles. The number of hydrogen-bond acceptors (Lipinski definition) is 4. The van der Waals surface area contributed by atoms with Crippen molar-refractivity contribution in [1.82, 2.24) is 15.5 Å². The van der Waals surface area contributed by atoms with E-state index in [0.29, 0.717) is 43.4 Å². The maximum atomic E-state index is 13.9. The molecular weight excluding hydrogens is 411 g/mol. The molecule has 32 heavy (non-hydrogen) atoms. The molecule has 2 aromatic rings. The summed E-state index contributed by atoms with van der Waals surface area (Å²) in [7, 11) is 3.49. The minimum absolute atomic E-state index is 0.00945. The molecule has 0 saturated heterocycles. The summed E-state index contributed by atoms with van der Waals surface area (Å²) in [5.41, 5.74) is 3.28. The molecule has 1 amide bonds. The second-order valence-electron chi connectivity index (χ2n) is 7.75. The number of nitrogens with zero attached hydrogens (tertiary/aromatic N) is 2. The van der Waals surface area contributed by atoms with Gasteiger partial charge in [-0.05, 0) is 55.2 Å². The minimum atomic E-state index is -0.295. The predicted molar refractivity (Wildman–Crippen MR) is 123 cm³/mol. The number of benzene rings is 2. The summed E-state index contributed by atoms with van der Waals surface area (Å²) < 4.78 is 24.7. The van der Waals surface area contributed by atoms with Crippen LogP contribution in [0.25, 0.3) is 0 Å². The second-order valence-corrected chi connectivity index (χ2v) is 7.75. The van der Waals surface area contributed by atoms with Crippen LogP contribution < -0.4 is 15.4 Å². The zero-order chi connectivity index (χ0) is 22.9. The van der Waals surface area contributed by atoms with E-state index < -0.39 is 0 Å². The molecule has 0 bridgehead atoms. The van der Waals surface area contributed by atoms with Crippen molar-refractivity contribution in [2.75, 3.05) is 40.5 Å². The van der Waals surface area contributed by atoms with Crippen LogP contribution in [0.5, 0.6) is 5.75 Å². The molecule has 0 atom stereocenters. The van der Waals surface area contributed by atoms with Gasteiger partial charge in [-0.25, -0.2) is 4.39 Å². The molecular formula is C24H31FN4O3. The monoisotopic (exact) mass is 442 g/mol. The molecule has 0 fully saturated rings. The second kappa shape index (κ2) is 11.5. The number of hydrogen-bond donors (Lipinski definition) is 2. The molecule has 2 aromatic carbocycles. The van der Waals surface area contributed by atoms with Crippen LogP contribution in [0.2, 0.25) is 0 Å². The van der Waals surface area contributed by atoms with Crippen molar-refractivity contribution in [3.8, 4) is 5.75 Å². The van der Waals surface area contributed by atoms with E-state index in [1.165, 1.54) is 12.1 Å². The van der Waals surface area contributed by atoms with Gasteiger partial charge in [0.15, 0.2) is 12.8 Å². The lowest BCUT2D eigenvalue weighted by molar-refractivity contribution is -0.0172. The molecule has 0 aromatic heterocycles. The number of carbonyl (C=O) groups excluding carboxylic acids is 1. The molecule has 7 nitrogen and oxygen atoms in total. The molecule has 0 radical (unpaired) electrons. The van der Waals surface area contributed by atoms with Crippen molar-refractivity contribution in [2.45, 2.75) is 26.4 Å². The van der Waals surface area contributed by atoms with E-state index in [1.54, 1.807) is 19.0 Å². The Bertz CT molecular complexity index is 962. The average Bonchev–Trinajstić information content (AvgIpc) is 2.78. The summed E-state index contributed by atoms with van der Waals surface area (Å²) >= 11 is 0. The Morgan fingerprint density at radius 2 is 2.03 bits per heavy atom. The van der Waals surface area contributed by atoms with Crippen molar-refractivity contribution in [3.05, 3.63) is 64.5 Å². The first-order chi connectivity index (χ1) is 15.5. The van der Waals surface area contributed by atoms with E-state index in [4.69, 9.17) is 9.47 Å². The number of fused-ring (bicyclic) bond motifs is 1. The number of rotatable bonds is 8.